The molecule has 0 spiro atoms. The molecule has 4 nitrogen and oxygen atoms in total. The molecule has 2 aliphatic rings. The standard InChI is InChI=1S/C14H21N3OS/c18-13(10-7-8-15-9-10)17-14-16-11-5-3-1-2-4-6-12(11)19-14/h10,15H,1-9H2,(H,16,17,18). The van der Waals surface area contributed by atoms with E-state index in [0.717, 1.165) is 37.5 Å². The van der Waals surface area contributed by atoms with Crippen molar-refractivity contribution < 1.29 is 4.79 Å². The minimum atomic E-state index is 0.117. The summed E-state index contributed by atoms with van der Waals surface area (Å²) in [5, 5.41) is 7.05. The molecule has 1 fully saturated rings. The van der Waals surface area contributed by atoms with Crippen molar-refractivity contribution in [1.82, 2.24) is 10.3 Å². The molecule has 0 bridgehead atoms. The van der Waals surface area contributed by atoms with Crippen molar-refractivity contribution in [2.24, 2.45) is 5.92 Å². The molecule has 2 heterocycles. The minimum Gasteiger partial charge on any atom is -0.316 e. The number of rotatable bonds is 2. The van der Waals surface area contributed by atoms with Gasteiger partial charge in [-0.1, -0.05) is 12.8 Å². The molecule has 2 N–H and O–H groups in total. The van der Waals surface area contributed by atoms with Crippen LogP contribution in [0.4, 0.5) is 5.13 Å². The molecule has 0 aromatic carbocycles. The van der Waals surface area contributed by atoms with E-state index in [1.807, 2.05) is 0 Å². The highest BCUT2D eigenvalue weighted by molar-refractivity contribution is 7.15. The quantitative estimate of drug-likeness (QED) is 0.874. The summed E-state index contributed by atoms with van der Waals surface area (Å²) in [6.45, 7) is 1.75. The predicted octanol–water partition coefficient (Wildman–Crippen LogP) is 2.35. The lowest BCUT2D eigenvalue weighted by Crippen LogP contribution is -2.24. The van der Waals surface area contributed by atoms with E-state index in [2.05, 4.69) is 15.6 Å². The molecule has 1 unspecified atom stereocenters. The molecule has 1 atom stereocenters. The molecule has 1 aromatic rings. The lowest BCUT2D eigenvalue weighted by molar-refractivity contribution is -0.119. The van der Waals surface area contributed by atoms with Crippen LogP contribution < -0.4 is 10.6 Å². The van der Waals surface area contributed by atoms with Gasteiger partial charge in [-0.2, -0.15) is 0 Å². The van der Waals surface area contributed by atoms with Gasteiger partial charge in [0.15, 0.2) is 5.13 Å². The number of nitrogens with one attached hydrogen (secondary N) is 2. The predicted molar refractivity (Wildman–Crippen MR) is 77.6 cm³/mol. The van der Waals surface area contributed by atoms with Crippen LogP contribution in [0.25, 0.3) is 0 Å². The highest BCUT2D eigenvalue weighted by atomic mass is 32.1. The van der Waals surface area contributed by atoms with E-state index in [9.17, 15) is 4.79 Å². The second-order valence-corrected chi connectivity index (χ2v) is 6.57. The maximum Gasteiger partial charge on any atom is 0.230 e. The van der Waals surface area contributed by atoms with Crippen molar-refractivity contribution in [2.75, 3.05) is 18.4 Å². The zero-order valence-corrected chi connectivity index (χ0v) is 12.0. The lowest BCUT2D eigenvalue weighted by Gasteiger charge is -2.06. The van der Waals surface area contributed by atoms with Gasteiger partial charge in [-0.25, -0.2) is 4.98 Å². The molecule has 0 saturated carbocycles. The Labute approximate surface area is 118 Å². The van der Waals surface area contributed by atoms with Crippen LogP contribution in [0.2, 0.25) is 0 Å². The Balaban J connectivity index is 1.67. The average molecular weight is 279 g/mol. The zero-order valence-electron chi connectivity index (χ0n) is 11.2. The number of amides is 1. The Morgan fingerprint density at radius 3 is 2.89 bits per heavy atom. The number of thiazole rings is 1. The van der Waals surface area contributed by atoms with Gasteiger partial charge in [-0.3, -0.25) is 4.79 Å². The molecule has 3 rings (SSSR count). The largest absolute Gasteiger partial charge is 0.316 e. The number of anilines is 1. The number of hydrogen-bond donors (Lipinski definition) is 2. The van der Waals surface area contributed by atoms with Crippen molar-refractivity contribution in [3.63, 3.8) is 0 Å². The first-order valence-electron chi connectivity index (χ1n) is 7.33. The summed E-state index contributed by atoms with van der Waals surface area (Å²) in [5.41, 5.74) is 1.23. The highest BCUT2D eigenvalue weighted by Crippen LogP contribution is 2.28. The lowest BCUT2D eigenvalue weighted by atomic mass is 10.0. The summed E-state index contributed by atoms with van der Waals surface area (Å²) in [6, 6.07) is 0. The molecule has 5 heteroatoms. The van der Waals surface area contributed by atoms with Gasteiger partial charge in [0.05, 0.1) is 11.6 Å². The number of carbonyl (C=O) groups is 1. The van der Waals surface area contributed by atoms with E-state index in [0.29, 0.717) is 0 Å². The monoisotopic (exact) mass is 279 g/mol. The Bertz CT molecular complexity index is 426. The molecule has 1 aliphatic heterocycles. The Hall–Kier alpha value is -0.940. The Morgan fingerprint density at radius 2 is 2.11 bits per heavy atom. The van der Waals surface area contributed by atoms with Gasteiger partial charge in [0, 0.05) is 11.4 Å². The second-order valence-electron chi connectivity index (χ2n) is 5.48. The number of aromatic nitrogens is 1. The number of nitrogens with zero attached hydrogens (tertiary/aromatic N) is 1. The third kappa shape index (κ3) is 3.15. The first kappa shape index (κ1) is 13.1. The first-order chi connectivity index (χ1) is 9.33. The van der Waals surface area contributed by atoms with Crippen LogP contribution in [0.15, 0.2) is 0 Å². The third-order valence-corrected chi connectivity index (χ3v) is 5.08. The van der Waals surface area contributed by atoms with Crippen molar-refractivity contribution in [1.29, 1.82) is 0 Å². The molecule has 104 valence electrons. The summed E-state index contributed by atoms with van der Waals surface area (Å²) in [4.78, 5) is 18.1. The van der Waals surface area contributed by atoms with E-state index < -0.39 is 0 Å². The summed E-state index contributed by atoms with van der Waals surface area (Å²) < 4.78 is 0. The van der Waals surface area contributed by atoms with Crippen LogP contribution in [-0.4, -0.2) is 24.0 Å². The van der Waals surface area contributed by atoms with E-state index in [1.165, 1.54) is 36.3 Å². The van der Waals surface area contributed by atoms with Gasteiger partial charge in [0.1, 0.15) is 0 Å². The first-order valence-corrected chi connectivity index (χ1v) is 8.15. The third-order valence-electron chi connectivity index (χ3n) is 4.01. The fraction of sp³-hybridized carbons (Fsp3) is 0.714. The van der Waals surface area contributed by atoms with Crippen molar-refractivity contribution in [2.45, 2.75) is 44.9 Å². The van der Waals surface area contributed by atoms with Crippen molar-refractivity contribution >= 4 is 22.4 Å². The van der Waals surface area contributed by atoms with E-state index in [1.54, 1.807) is 11.3 Å². The molecular weight excluding hydrogens is 258 g/mol. The maximum atomic E-state index is 12.1. The van der Waals surface area contributed by atoms with Gasteiger partial charge < -0.3 is 10.6 Å². The van der Waals surface area contributed by atoms with Crippen molar-refractivity contribution in [3.05, 3.63) is 10.6 Å². The van der Waals surface area contributed by atoms with E-state index in [4.69, 9.17) is 0 Å². The second kappa shape index (κ2) is 6.01. The van der Waals surface area contributed by atoms with Gasteiger partial charge in [-0.05, 0) is 38.6 Å². The summed E-state index contributed by atoms with van der Waals surface area (Å²) >= 11 is 1.68. The normalized spacial score (nSPS) is 23.5. The number of hydrogen-bond acceptors (Lipinski definition) is 4. The molecule has 1 aromatic heterocycles. The SMILES string of the molecule is O=C(Nc1nc2c(s1)CCCCCC2)C1CCNC1. The Kier molecular flexibility index (Phi) is 4.13. The van der Waals surface area contributed by atoms with E-state index >= 15 is 0 Å². The fourth-order valence-corrected chi connectivity index (χ4v) is 3.90. The Morgan fingerprint density at radius 1 is 1.26 bits per heavy atom. The molecule has 1 amide bonds. The number of fused-ring (bicyclic) bond motifs is 1. The van der Waals surface area contributed by atoms with Crippen LogP contribution in [0.5, 0.6) is 0 Å². The highest BCUT2D eigenvalue weighted by Gasteiger charge is 2.23. The summed E-state index contributed by atoms with van der Waals surface area (Å²) in [7, 11) is 0. The molecule has 1 aliphatic carbocycles. The zero-order chi connectivity index (χ0) is 13.1. The van der Waals surface area contributed by atoms with Crippen LogP contribution in [0, 0.1) is 5.92 Å². The van der Waals surface area contributed by atoms with E-state index in [-0.39, 0.29) is 11.8 Å². The number of carbonyl (C=O) groups excluding carboxylic acids is 1. The van der Waals surface area contributed by atoms with Gasteiger partial charge in [0.25, 0.3) is 0 Å². The summed E-state index contributed by atoms with van der Waals surface area (Å²) in [6.07, 6.45) is 8.28. The van der Waals surface area contributed by atoms with Gasteiger partial charge in [-0.15, -0.1) is 11.3 Å². The topological polar surface area (TPSA) is 54.0 Å². The smallest absolute Gasteiger partial charge is 0.230 e. The van der Waals surface area contributed by atoms with Crippen LogP contribution in [0.1, 0.15) is 42.7 Å². The average Bonchev–Trinajstić information content (AvgIpc) is 3.00. The molecule has 0 radical (unpaired) electrons. The number of aryl methyl sites for hydroxylation is 2. The van der Waals surface area contributed by atoms with Crippen LogP contribution in [-0.2, 0) is 17.6 Å². The summed E-state index contributed by atoms with van der Waals surface area (Å²) in [5.74, 6) is 0.248. The van der Waals surface area contributed by atoms with Crippen LogP contribution >= 0.6 is 11.3 Å². The van der Waals surface area contributed by atoms with Gasteiger partial charge >= 0.3 is 0 Å². The van der Waals surface area contributed by atoms with Gasteiger partial charge in [0.2, 0.25) is 5.91 Å². The van der Waals surface area contributed by atoms with Crippen molar-refractivity contribution in [3.8, 4) is 0 Å². The maximum absolute atomic E-state index is 12.1. The fourth-order valence-electron chi connectivity index (χ4n) is 2.84. The molecule has 1 saturated heterocycles. The molecular formula is C14H21N3OS. The minimum absolute atomic E-state index is 0.117. The molecule has 19 heavy (non-hydrogen) atoms. The van der Waals surface area contributed by atoms with Crippen LogP contribution in [0.3, 0.4) is 0 Å².